The average molecular weight is 300 g/mol. The fourth-order valence-corrected chi connectivity index (χ4v) is 3.16. The van der Waals surface area contributed by atoms with Crippen molar-refractivity contribution in [1.82, 2.24) is 4.90 Å². The molecule has 104 valence electrons. The highest BCUT2D eigenvalue weighted by atomic mass is 35.5. The Morgan fingerprint density at radius 2 is 1.89 bits per heavy atom. The van der Waals surface area contributed by atoms with E-state index in [0.717, 1.165) is 24.8 Å². The minimum Gasteiger partial charge on any atom is -0.341 e. The van der Waals surface area contributed by atoms with E-state index in [4.69, 9.17) is 23.2 Å². The third kappa shape index (κ3) is 3.87. The van der Waals surface area contributed by atoms with Crippen LogP contribution in [-0.2, 0) is 11.2 Å². The van der Waals surface area contributed by atoms with Crippen LogP contribution in [0.5, 0.6) is 0 Å². The SMILES string of the molecule is CN(C(=O)Cc1ccc(Cl)cc1)C1CCCCC1Cl. The van der Waals surface area contributed by atoms with Crippen molar-refractivity contribution >= 4 is 29.1 Å². The van der Waals surface area contributed by atoms with E-state index in [1.165, 1.54) is 6.42 Å². The Labute approximate surface area is 124 Å². The van der Waals surface area contributed by atoms with Gasteiger partial charge in [0.05, 0.1) is 11.8 Å². The van der Waals surface area contributed by atoms with Crippen molar-refractivity contribution in [3.05, 3.63) is 34.9 Å². The van der Waals surface area contributed by atoms with Gasteiger partial charge < -0.3 is 4.90 Å². The molecule has 0 radical (unpaired) electrons. The number of carbonyl (C=O) groups excluding carboxylic acids is 1. The van der Waals surface area contributed by atoms with Crippen LogP contribution in [0.15, 0.2) is 24.3 Å². The van der Waals surface area contributed by atoms with Crippen LogP contribution in [0, 0.1) is 0 Å². The highest BCUT2D eigenvalue weighted by Crippen LogP contribution is 2.27. The minimum absolute atomic E-state index is 0.0907. The lowest BCUT2D eigenvalue weighted by Gasteiger charge is -2.35. The summed E-state index contributed by atoms with van der Waals surface area (Å²) in [7, 11) is 1.86. The average Bonchev–Trinajstić information content (AvgIpc) is 2.41. The highest BCUT2D eigenvalue weighted by molar-refractivity contribution is 6.30. The van der Waals surface area contributed by atoms with E-state index < -0.39 is 0 Å². The topological polar surface area (TPSA) is 20.3 Å². The van der Waals surface area contributed by atoms with Gasteiger partial charge in [-0.2, -0.15) is 0 Å². The van der Waals surface area contributed by atoms with E-state index in [1.807, 2.05) is 36.2 Å². The van der Waals surface area contributed by atoms with Gasteiger partial charge in [0.1, 0.15) is 0 Å². The van der Waals surface area contributed by atoms with Crippen molar-refractivity contribution in [2.24, 2.45) is 0 Å². The molecule has 4 heteroatoms. The molecule has 0 aliphatic heterocycles. The first-order chi connectivity index (χ1) is 9.08. The molecule has 1 aliphatic rings. The van der Waals surface area contributed by atoms with Gasteiger partial charge in [-0.25, -0.2) is 0 Å². The number of likely N-dealkylation sites (N-methyl/N-ethyl adjacent to an activating group) is 1. The highest BCUT2D eigenvalue weighted by Gasteiger charge is 2.29. The number of hydrogen-bond donors (Lipinski definition) is 0. The van der Waals surface area contributed by atoms with Crippen LogP contribution in [0.3, 0.4) is 0 Å². The molecule has 1 fully saturated rings. The molecule has 1 saturated carbocycles. The maximum absolute atomic E-state index is 12.3. The summed E-state index contributed by atoms with van der Waals surface area (Å²) in [6.45, 7) is 0. The lowest BCUT2D eigenvalue weighted by Crippen LogP contribution is -2.44. The van der Waals surface area contributed by atoms with Gasteiger partial charge in [0.2, 0.25) is 5.91 Å². The lowest BCUT2D eigenvalue weighted by atomic mass is 9.93. The fraction of sp³-hybridized carbons (Fsp3) is 0.533. The van der Waals surface area contributed by atoms with Crippen LogP contribution >= 0.6 is 23.2 Å². The van der Waals surface area contributed by atoms with Crippen LogP contribution in [0.2, 0.25) is 5.02 Å². The molecule has 2 rings (SSSR count). The Hall–Kier alpha value is -0.730. The number of halogens is 2. The molecule has 0 bridgehead atoms. The maximum Gasteiger partial charge on any atom is 0.227 e. The van der Waals surface area contributed by atoms with E-state index >= 15 is 0 Å². The van der Waals surface area contributed by atoms with Crippen molar-refractivity contribution in [3.63, 3.8) is 0 Å². The quantitative estimate of drug-likeness (QED) is 0.776. The van der Waals surface area contributed by atoms with Gasteiger partial charge >= 0.3 is 0 Å². The zero-order chi connectivity index (χ0) is 13.8. The second kappa shape index (κ2) is 6.62. The van der Waals surface area contributed by atoms with Crippen LogP contribution in [0.4, 0.5) is 0 Å². The molecule has 0 saturated heterocycles. The summed E-state index contributed by atoms with van der Waals surface area (Å²) in [6, 6.07) is 7.60. The Kier molecular flexibility index (Phi) is 5.12. The molecule has 0 N–H and O–H groups in total. The summed E-state index contributed by atoms with van der Waals surface area (Å²) >= 11 is 12.2. The first-order valence-corrected chi connectivity index (χ1v) is 7.53. The smallest absolute Gasteiger partial charge is 0.227 e. The molecule has 2 atom stereocenters. The summed E-state index contributed by atoms with van der Waals surface area (Å²) in [4.78, 5) is 14.1. The van der Waals surface area contributed by atoms with Gasteiger partial charge in [0.15, 0.2) is 0 Å². The molecule has 0 aromatic heterocycles. The summed E-state index contributed by atoms with van der Waals surface area (Å²) in [5, 5.41) is 0.783. The molecule has 1 aromatic carbocycles. The third-order valence-corrected chi connectivity index (χ3v) is 4.57. The molecular formula is C15H19Cl2NO. The molecule has 1 amide bonds. The van der Waals surface area contributed by atoms with Crippen molar-refractivity contribution in [2.75, 3.05) is 7.05 Å². The summed E-state index contributed by atoms with van der Waals surface area (Å²) in [5.74, 6) is 0.125. The second-order valence-electron chi connectivity index (χ2n) is 5.18. The lowest BCUT2D eigenvalue weighted by molar-refractivity contribution is -0.131. The minimum atomic E-state index is 0.0907. The first-order valence-electron chi connectivity index (χ1n) is 6.72. The van der Waals surface area contributed by atoms with Crippen molar-refractivity contribution in [1.29, 1.82) is 0 Å². The zero-order valence-corrected chi connectivity index (χ0v) is 12.6. The number of alkyl halides is 1. The zero-order valence-electron chi connectivity index (χ0n) is 11.1. The molecule has 2 nitrogen and oxygen atoms in total. The standard InChI is InChI=1S/C15H19Cl2NO/c1-18(14-5-3-2-4-13(14)17)15(19)10-11-6-8-12(16)9-7-11/h6-9,13-14H,2-5,10H2,1H3. The monoisotopic (exact) mass is 299 g/mol. The Bertz CT molecular complexity index is 432. The molecular weight excluding hydrogens is 281 g/mol. The van der Waals surface area contributed by atoms with Crippen molar-refractivity contribution in [3.8, 4) is 0 Å². The van der Waals surface area contributed by atoms with E-state index in [0.29, 0.717) is 11.4 Å². The van der Waals surface area contributed by atoms with E-state index in [1.54, 1.807) is 0 Å². The maximum atomic E-state index is 12.3. The van der Waals surface area contributed by atoms with E-state index in [9.17, 15) is 4.79 Å². The molecule has 19 heavy (non-hydrogen) atoms. The van der Waals surface area contributed by atoms with Gasteiger partial charge in [0, 0.05) is 18.1 Å². The van der Waals surface area contributed by atoms with Crippen molar-refractivity contribution in [2.45, 2.75) is 43.5 Å². The van der Waals surface area contributed by atoms with Gasteiger partial charge in [0.25, 0.3) is 0 Å². The summed E-state index contributed by atoms with van der Waals surface area (Å²) in [6.07, 6.45) is 4.76. The van der Waals surface area contributed by atoms with E-state index in [-0.39, 0.29) is 17.3 Å². The molecule has 2 unspecified atom stereocenters. The Morgan fingerprint density at radius 1 is 1.26 bits per heavy atom. The van der Waals surface area contributed by atoms with Crippen LogP contribution < -0.4 is 0 Å². The van der Waals surface area contributed by atoms with Gasteiger partial charge in [-0.3, -0.25) is 4.79 Å². The third-order valence-electron chi connectivity index (χ3n) is 3.81. The number of carbonyl (C=O) groups is 1. The number of amides is 1. The molecule has 0 heterocycles. The predicted octanol–water partition coefficient (Wildman–Crippen LogP) is 3.89. The first kappa shape index (κ1) is 14.7. The Morgan fingerprint density at radius 3 is 2.53 bits per heavy atom. The predicted molar refractivity (Wildman–Crippen MR) is 79.8 cm³/mol. The van der Waals surface area contributed by atoms with Crippen LogP contribution in [0.25, 0.3) is 0 Å². The van der Waals surface area contributed by atoms with Gasteiger partial charge in [-0.1, -0.05) is 36.6 Å². The van der Waals surface area contributed by atoms with E-state index in [2.05, 4.69) is 0 Å². The normalized spacial score (nSPS) is 23.1. The molecule has 0 spiro atoms. The number of benzene rings is 1. The van der Waals surface area contributed by atoms with Gasteiger partial charge in [-0.05, 0) is 30.5 Å². The number of hydrogen-bond acceptors (Lipinski definition) is 1. The number of nitrogens with zero attached hydrogens (tertiary/aromatic N) is 1. The summed E-state index contributed by atoms with van der Waals surface area (Å²) < 4.78 is 0. The summed E-state index contributed by atoms with van der Waals surface area (Å²) in [5.41, 5.74) is 0.989. The number of rotatable bonds is 3. The fourth-order valence-electron chi connectivity index (χ4n) is 2.59. The van der Waals surface area contributed by atoms with Crippen molar-refractivity contribution < 1.29 is 4.79 Å². The Balaban J connectivity index is 1.96. The second-order valence-corrected chi connectivity index (χ2v) is 6.17. The van der Waals surface area contributed by atoms with Gasteiger partial charge in [-0.15, -0.1) is 11.6 Å². The van der Waals surface area contributed by atoms with Crippen LogP contribution in [0.1, 0.15) is 31.2 Å². The van der Waals surface area contributed by atoms with Crippen LogP contribution in [-0.4, -0.2) is 29.3 Å². The molecule has 1 aromatic rings. The largest absolute Gasteiger partial charge is 0.341 e. The molecule has 1 aliphatic carbocycles.